The van der Waals surface area contributed by atoms with E-state index in [-0.39, 0.29) is 0 Å². The first-order valence-corrected chi connectivity index (χ1v) is 5.76. The number of hydrogen-bond donors (Lipinski definition) is 2. The van der Waals surface area contributed by atoms with Crippen LogP contribution in [0.5, 0.6) is 0 Å². The van der Waals surface area contributed by atoms with E-state index >= 15 is 0 Å². The number of aryl methyl sites for hydroxylation is 1. The molecule has 1 heterocycles. The minimum Gasteiger partial charge on any atom is -0.392 e. The molecular weight excluding hydrogens is 214 g/mol. The summed E-state index contributed by atoms with van der Waals surface area (Å²) < 4.78 is 2.04. The molecule has 90 valence electrons. The fourth-order valence-electron chi connectivity index (χ4n) is 1.74. The molecule has 2 rings (SSSR count). The zero-order valence-corrected chi connectivity index (χ0v) is 9.66. The molecule has 1 aromatic heterocycles. The smallest absolute Gasteiger partial charge is 0.139 e. The first kappa shape index (κ1) is 11.8. The van der Waals surface area contributed by atoms with Gasteiger partial charge in [0.05, 0.1) is 6.10 Å². The summed E-state index contributed by atoms with van der Waals surface area (Å²) in [6.07, 6.45) is 3.90. The predicted molar refractivity (Wildman–Crippen MR) is 67.3 cm³/mol. The summed E-state index contributed by atoms with van der Waals surface area (Å²) in [4.78, 5) is 4.34. The lowest BCUT2D eigenvalue weighted by molar-refractivity contribution is 0.167. The van der Waals surface area contributed by atoms with E-state index in [4.69, 9.17) is 5.73 Å². The van der Waals surface area contributed by atoms with Gasteiger partial charge in [-0.1, -0.05) is 30.3 Å². The highest BCUT2D eigenvalue weighted by Crippen LogP contribution is 2.17. The largest absolute Gasteiger partial charge is 0.392 e. The summed E-state index contributed by atoms with van der Waals surface area (Å²) >= 11 is 0. The third kappa shape index (κ3) is 2.93. The Morgan fingerprint density at radius 1 is 1.29 bits per heavy atom. The summed E-state index contributed by atoms with van der Waals surface area (Å²) in [5.41, 5.74) is 6.47. The van der Waals surface area contributed by atoms with Crippen molar-refractivity contribution in [1.82, 2.24) is 9.55 Å². The maximum atomic E-state index is 9.46. The van der Waals surface area contributed by atoms with Crippen molar-refractivity contribution in [2.24, 2.45) is 5.73 Å². The van der Waals surface area contributed by atoms with Crippen molar-refractivity contribution in [2.45, 2.75) is 19.1 Å². The molecule has 3 N–H and O–H groups in total. The molecule has 0 saturated carbocycles. The molecule has 0 fully saturated rings. The van der Waals surface area contributed by atoms with Crippen LogP contribution in [0.2, 0.25) is 0 Å². The molecule has 0 amide bonds. The zero-order chi connectivity index (χ0) is 12.1. The van der Waals surface area contributed by atoms with E-state index in [2.05, 4.69) is 4.98 Å². The highest BCUT2D eigenvalue weighted by molar-refractivity contribution is 5.54. The van der Waals surface area contributed by atoms with Gasteiger partial charge in [-0.2, -0.15) is 0 Å². The number of nitrogens with two attached hydrogens (primary N) is 1. The Balaban J connectivity index is 2.12. The van der Waals surface area contributed by atoms with Gasteiger partial charge in [0.2, 0.25) is 0 Å². The van der Waals surface area contributed by atoms with Crippen LogP contribution in [0.25, 0.3) is 11.4 Å². The molecule has 0 radical (unpaired) electrons. The second-order valence-electron chi connectivity index (χ2n) is 3.99. The molecule has 0 saturated heterocycles. The number of imidazole rings is 1. The third-order valence-corrected chi connectivity index (χ3v) is 2.72. The highest BCUT2D eigenvalue weighted by Gasteiger charge is 2.07. The van der Waals surface area contributed by atoms with E-state index in [0.29, 0.717) is 13.0 Å². The van der Waals surface area contributed by atoms with E-state index in [1.807, 2.05) is 41.1 Å². The standard InChI is InChI=1S/C13H17N3O/c14-10-12(17)6-8-16-9-7-15-13(16)11-4-2-1-3-5-11/h1-5,7,9,12,17H,6,8,10,14H2. The van der Waals surface area contributed by atoms with E-state index in [0.717, 1.165) is 17.9 Å². The van der Waals surface area contributed by atoms with Gasteiger partial charge in [-0.05, 0) is 6.42 Å². The number of aromatic nitrogens is 2. The molecule has 2 aromatic rings. The van der Waals surface area contributed by atoms with Crippen LogP contribution < -0.4 is 5.73 Å². The monoisotopic (exact) mass is 231 g/mol. The van der Waals surface area contributed by atoms with Gasteiger partial charge in [-0.3, -0.25) is 0 Å². The second kappa shape index (κ2) is 5.61. The molecule has 0 bridgehead atoms. The molecule has 1 aromatic carbocycles. The van der Waals surface area contributed by atoms with Crippen molar-refractivity contribution in [3.8, 4) is 11.4 Å². The number of aliphatic hydroxyl groups is 1. The first-order valence-electron chi connectivity index (χ1n) is 5.76. The van der Waals surface area contributed by atoms with Gasteiger partial charge in [-0.15, -0.1) is 0 Å². The van der Waals surface area contributed by atoms with Gasteiger partial charge in [0.1, 0.15) is 5.82 Å². The summed E-state index contributed by atoms with van der Waals surface area (Å²) in [7, 11) is 0. The van der Waals surface area contributed by atoms with Gasteiger partial charge < -0.3 is 15.4 Å². The molecule has 0 spiro atoms. The Morgan fingerprint density at radius 3 is 2.76 bits per heavy atom. The number of rotatable bonds is 5. The molecule has 0 aliphatic heterocycles. The van der Waals surface area contributed by atoms with Crippen molar-refractivity contribution in [2.75, 3.05) is 6.54 Å². The Kier molecular flexibility index (Phi) is 3.90. The van der Waals surface area contributed by atoms with Crippen LogP contribution in [-0.4, -0.2) is 27.3 Å². The lowest BCUT2D eigenvalue weighted by Crippen LogP contribution is -2.21. The van der Waals surface area contributed by atoms with Crippen LogP contribution in [0, 0.1) is 0 Å². The van der Waals surface area contributed by atoms with Gasteiger partial charge in [-0.25, -0.2) is 4.98 Å². The van der Waals surface area contributed by atoms with Gasteiger partial charge in [0.25, 0.3) is 0 Å². The second-order valence-corrected chi connectivity index (χ2v) is 3.99. The normalized spacial score (nSPS) is 12.6. The van der Waals surface area contributed by atoms with Crippen LogP contribution in [0.4, 0.5) is 0 Å². The van der Waals surface area contributed by atoms with Crippen molar-refractivity contribution in [3.63, 3.8) is 0 Å². The molecule has 4 heteroatoms. The van der Waals surface area contributed by atoms with Crippen LogP contribution >= 0.6 is 0 Å². The summed E-state index contributed by atoms with van der Waals surface area (Å²) in [6, 6.07) is 10.0. The number of nitrogens with zero attached hydrogens (tertiary/aromatic N) is 2. The number of aliphatic hydroxyl groups excluding tert-OH is 1. The van der Waals surface area contributed by atoms with Crippen LogP contribution in [0.3, 0.4) is 0 Å². The number of hydrogen-bond acceptors (Lipinski definition) is 3. The Labute approximate surface area is 101 Å². The molecule has 17 heavy (non-hydrogen) atoms. The van der Waals surface area contributed by atoms with Gasteiger partial charge >= 0.3 is 0 Å². The van der Waals surface area contributed by atoms with Crippen molar-refractivity contribution in [1.29, 1.82) is 0 Å². The van der Waals surface area contributed by atoms with E-state index < -0.39 is 6.10 Å². The average molecular weight is 231 g/mol. The van der Waals surface area contributed by atoms with Gasteiger partial charge in [0, 0.05) is 31.0 Å². The van der Waals surface area contributed by atoms with Crippen LogP contribution in [-0.2, 0) is 6.54 Å². The average Bonchev–Trinajstić information content (AvgIpc) is 2.85. The SMILES string of the molecule is NCC(O)CCn1ccnc1-c1ccccc1. The molecule has 0 aliphatic carbocycles. The highest BCUT2D eigenvalue weighted by atomic mass is 16.3. The van der Waals surface area contributed by atoms with E-state index in [1.54, 1.807) is 6.20 Å². The summed E-state index contributed by atoms with van der Waals surface area (Å²) in [6.45, 7) is 1.03. The molecule has 4 nitrogen and oxygen atoms in total. The molecular formula is C13H17N3O. The van der Waals surface area contributed by atoms with E-state index in [1.165, 1.54) is 0 Å². The maximum Gasteiger partial charge on any atom is 0.139 e. The lowest BCUT2D eigenvalue weighted by atomic mass is 10.2. The quantitative estimate of drug-likeness (QED) is 0.814. The van der Waals surface area contributed by atoms with Crippen LogP contribution in [0.1, 0.15) is 6.42 Å². The van der Waals surface area contributed by atoms with Crippen LogP contribution in [0.15, 0.2) is 42.7 Å². The minimum absolute atomic E-state index is 0.301. The third-order valence-electron chi connectivity index (χ3n) is 2.72. The van der Waals surface area contributed by atoms with Gasteiger partial charge in [0.15, 0.2) is 0 Å². The number of benzene rings is 1. The fraction of sp³-hybridized carbons (Fsp3) is 0.308. The predicted octanol–water partition coefficient (Wildman–Crippen LogP) is 1.26. The topological polar surface area (TPSA) is 64.1 Å². The summed E-state index contributed by atoms with van der Waals surface area (Å²) in [5, 5.41) is 9.46. The Morgan fingerprint density at radius 2 is 2.06 bits per heavy atom. The summed E-state index contributed by atoms with van der Waals surface area (Å²) in [5.74, 6) is 0.926. The maximum absolute atomic E-state index is 9.46. The van der Waals surface area contributed by atoms with Crippen molar-refractivity contribution < 1.29 is 5.11 Å². The van der Waals surface area contributed by atoms with Crippen molar-refractivity contribution >= 4 is 0 Å². The Bertz CT molecular complexity index is 453. The Hall–Kier alpha value is -1.65. The molecule has 0 aliphatic rings. The lowest BCUT2D eigenvalue weighted by Gasteiger charge is -2.10. The zero-order valence-electron chi connectivity index (χ0n) is 9.66. The van der Waals surface area contributed by atoms with E-state index in [9.17, 15) is 5.11 Å². The first-order chi connectivity index (χ1) is 8.31. The fourth-order valence-corrected chi connectivity index (χ4v) is 1.74. The minimum atomic E-state index is -0.443. The molecule has 1 unspecified atom stereocenters. The van der Waals surface area contributed by atoms with Crippen molar-refractivity contribution in [3.05, 3.63) is 42.7 Å². The molecule has 1 atom stereocenters.